The fourth-order valence-corrected chi connectivity index (χ4v) is 4.63. The van der Waals surface area contributed by atoms with Crippen LogP contribution in [0.2, 0.25) is 0 Å². The van der Waals surface area contributed by atoms with Crippen molar-refractivity contribution in [1.82, 2.24) is 0 Å². The third-order valence-corrected chi connectivity index (χ3v) is 6.21. The topological polar surface area (TPSA) is 0 Å². The molecule has 3 aromatic carbocycles. The van der Waals surface area contributed by atoms with Crippen LogP contribution in [0.3, 0.4) is 0 Å². The quantitative estimate of drug-likeness (QED) is 0.217. The fraction of sp³-hybridized carbons (Fsp3) is 0.379. The lowest BCUT2D eigenvalue weighted by Crippen LogP contribution is -2.29. The molecule has 0 atom stereocenters. The van der Waals surface area contributed by atoms with Gasteiger partial charge in [-0.25, -0.2) is 0 Å². The average Bonchev–Trinajstić information content (AvgIpc) is 2.80. The van der Waals surface area contributed by atoms with Crippen molar-refractivity contribution < 1.29 is 0 Å². The second kappa shape index (κ2) is 11.6. The first-order valence-electron chi connectivity index (χ1n) is 11.5. The van der Waals surface area contributed by atoms with Crippen LogP contribution in [0.1, 0.15) is 81.4 Å². The van der Waals surface area contributed by atoms with E-state index in [4.69, 9.17) is 0 Å². The molecule has 0 radical (unpaired) electrons. The second-order valence-corrected chi connectivity index (χ2v) is 8.23. The lowest BCUT2D eigenvalue weighted by Gasteiger charge is -2.36. The van der Waals surface area contributed by atoms with Gasteiger partial charge in [0.05, 0.1) is 0 Å². The van der Waals surface area contributed by atoms with E-state index in [-0.39, 0.29) is 5.41 Å². The summed E-state index contributed by atoms with van der Waals surface area (Å²) < 4.78 is 0. The summed E-state index contributed by atoms with van der Waals surface area (Å²) in [6.07, 6.45) is 12.0. The monoisotopic (exact) mass is 384 g/mol. The van der Waals surface area contributed by atoms with Crippen molar-refractivity contribution >= 4 is 0 Å². The van der Waals surface area contributed by atoms with Crippen LogP contribution in [0.15, 0.2) is 91.0 Å². The Balaban J connectivity index is 1.83. The van der Waals surface area contributed by atoms with Gasteiger partial charge in [0.2, 0.25) is 0 Å². The molecule has 0 fully saturated rings. The molecule has 0 saturated heterocycles. The van der Waals surface area contributed by atoms with Gasteiger partial charge in [-0.15, -0.1) is 0 Å². The van der Waals surface area contributed by atoms with Gasteiger partial charge < -0.3 is 0 Å². The van der Waals surface area contributed by atoms with E-state index in [1.165, 1.54) is 68.1 Å². The minimum atomic E-state index is -0.0774. The Morgan fingerprint density at radius 2 is 0.793 bits per heavy atom. The van der Waals surface area contributed by atoms with Gasteiger partial charge in [0.15, 0.2) is 0 Å². The van der Waals surface area contributed by atoms with Gasteiger partial charge in [-0.3, -0.25) is 0 Å². The molecule has 0 unspecified atom stereocenters. The van der Waals surface area contributed by atoms with Crippen LogP contribution in [0, 0.1) is 0 Å². The van der Waals surface area contributed by atoms with Crippen molar-refractivity contribution in [1.29, 1.82) is 0 Å². The lowest BCUT2D eigenvalue weighted by atomic mass is 9.66. The number of hydrogen-bond donors (Lipinski definition) is 0. The van der Waals surface area contributed by atoms with Crippen LogP contribution in [0.5, 0.6) is 0 Å². The average molecular weight is 385 g/mol. The summed E-state index contributed by atoms with van der Waals surface area (Å²) in [5.41, 5.74) is 4.13. The third-order valence-electron chi connectivity index (χ3n) is 6.21. The van der Waals surface area contributed by atoms with E-state index in [1.807, 2.05) is 0 Å². The van der Waals surface area contributed by atoms with Crippen LogP contribution >= 0.6 is 0 Å². The molecule has 0 spiro atoms. The van der Waals surface area contributed by atoms with Crippen molar-refractivity contribution in [2.75, 3.05) is 0 Å². The highest BCUT2D eigenvalue weighted by molar-refractivity contribution is 5.50. The highest BCUT2D eigenvalue weighted by Gasteiger charge is 2.35. The predicted octanol–water partition coefficient (Wildman–Crippen LogP) is 8.55. The Morgan fingerprint density at radius 1 is 0.448 bits per heavy atom. The lowest BCUT2D eigenvalue weighted by molar-refractivity contribution is 0.495. The van der Waals surface area contributed by atoms with E-state index >= 15 is 0 Å². The van der Waals surface area contributed by atoms with E-state index in [2.05, 4.69) is 97.9 Å². The molecule has 0 amide bonds. The normalized spacial score (nSPS) is 11.5. The molecule has 0 bridgehead atoms. The second-order valence-electron chi connectivity index (χ2n) is 8.23. The zero-order chi connectivity index (χ0) is 20.2. The maximum Gasteiger partial charge on any atom is 0.0451 e. The smallest absolute Gasteiger partial charge is 0.0451 e. The first-order chi connectivity index (χ1) is 14.4. The van der Waals surface area contributed by atoms with Gasteiger partial charge in [-0.05, 0) is 23.1 Å². The first kappa shape index (κ1) is 21.4. The highest BCUT2D eigenvalue weighted by Crippen LogP contribution is 2.43. The number of rotatable bonds is 12. The van der Waals surface area contributed by atoms with Crippen LogP contribution < -0.4 is 0 Å². The minimum absolute atomic E-state index is 0.0774. The summed E-state index contributed by atoms with van der Waals surface area (Å²) in [6.45, 7) is 2.29. The molecular formula is C29H36. The Morgan fingerprint density at radius 3 is 1.17 bits per heavy atom. The van der Waals surface area contributed by atoms with Crippen LogP contribution in [-0.4, -0.2) is 0 Å². The Kier molecular flexibility index (Phi) is 8.56. The van der Waals surface area contributed by atoms with E-state index in [9.17, 15) is 0 Å². The summed E-state index contributed by atoms with van der Waals surface area (Å²) in [6, 6.07) is 33.3. The Bertz CT molecular complexity index is 693. The minimum Gasteiger partial charge on any atom is -0.0654 e. The maximum absolute atomic E-state index is 2.31. The molecule has 29 heavy (non-hydrogen) atoms. The van der Waals surface area contributed by atoms with Gasteiger partial charge in [-0.1, -0.05) is 149 Å². The zero-order valence-electron chi connectivity index (χ0n) is 18.0. The largest absolute Gasteiger partial charge is 0.0654 e. The van der Waals surface area contributed by atoms with Gasteiger partial charge >= 0.3 is 0 Å². The van der Waals surface area contributed by atoms with Crippen molar-refractivity contribution in [3.05, 3.63) is 108 Å². The Labute approximate surface area is 178 Å². The van der Waals surface area contributed by atoms with Crippen LogP contribution in [-0.2, 0) is 5.41 Å². The molecule has 0 heteroatoms. The molecule has 0 aromatic heterocycles. The Hall–Kier alpha value is -2.34. The molecule has 152 valence electrons. The molecule has 0 aliphatic rings. The molecule has 0 saturated carbocycles. The highest BCUT2D eigenvalue weighted by atomic mass is 14.4. The SMILES string of the molecule is CCCCCCCCCCC(c1ccccc1)(c1ccccc1)c1ccccc1. The summed E-state index contributed by atoms with van der Waals surface area (Å²) in [5, 5.41) is 0. The number of unbranched alkanes of at least 4 members (excludes halogenated alkanes) is 7. The van der Waals surface area contributed by atoms with Crippen molar-refractivity contribution in [2.45, 2.75) is 70.1 Å². The molecule has 0 aliphatic heterocycles. The fourth-order valence-electron chi connectivity index (χ4n) is 4.63. The number of hydrogen-bond acceptors (Lipinski definition) is 0. The summed E-state index contributed by atoms with van der Waals surface area (Å²) in [7, 11) is 0. The van der Waals surface area contributed by atoms with Gasteiger partial charge in [-0.2, -0.15) is 0 Å². The summed E-state index contributed by atoms with van der Waals surface area (Å²) in [4.78, 5) is 0. The third kappa shape index (κ3) is 5.60. The molecule has 3 aromatic rings. The van der Waals surface area contributed by atoms with Crippen molar-refractivity contribution in [3.8, 4) is 0 Å². The number of benzene rings is 3. The van der Waals surface area contributed by atoms with Gasteiger partial charge in [0, 0.05) is 5.41 Å². The molecule has 0 N–H and O–H groups in total. The van der Waals surface area contributed by atoms with E-state index < -0.39 is 0 Å². The van der Waals surface area contributed by atoms with E-state index in [0.717, 1.165) is 6.42 Å². The van der Waals surface area contributed by atoms with Crippen molar-refractivity contribution in [3.63, 3.8) is 0 Å². The van der Waals surface area contributed by atoms with Gasteiger partial charge in [0.25, 0.3) is 0 Å². The molecule has 0 nitrogen and oxygen atoms in total. The van der Waals surface area contributed by atoms with E-state index in [1.54, 1.807) is 0 Å². The zero-order valence-corrected chi connectivity index (χ0v) is 18.0. The van der Waals surface area contributed by atoms with Crippen LogP contribution in [0.25, 0.3) is 0 Å². The molecular weight excluding hydrogens is 348 g/mol. The summed E-state index contributed by atoms with van der Waals surface area (Å²) in [5.74, 6) is 0. The maximum atomic E-state index is 2.31. The van der Waals surface area contributed by atoms with Crippen LogP contribution in [0.4, 0.5) is 0 Å². The van der Waals surface area contributed by atoms with Crippen molar-refractivity contribution in [2.24, 2.45) is 0 Å². The predicted molar refractivity (Wildman–Crippen MR) is 126 cm³/mol. The summed E-state index contributed by atoms with van der Waals surface area (Å²) >= 11 is 0. The standard InChI is InChI=1S/C29H36/c1-2-3-4-5-6-7-8-18-25-29(26-19-12-9-13-20-26,27-21-14-10-15-22-27)28-23-16-11-17-24-28/h9-17,19-24H,2-8,18,25H2,1H3. The van der Waals surface area contributed by atoms with Gasteiger partial charge in [0.1, 0.15) is 0 Å². The molecule has 0 heterocycles. The van der Waals surface area contributed by atoms with E-state index in [0.29, 0.717) is 0 Å². The first-order valence-corrected chi connectivity index (χ1v) is 11.5. The molecule has 0 aliphatic carbocycles. The molecule has 3 rings (SSSR count).